The molecule has 0 spiro atoms. The van der Waals surface area contributed by atoms with Crippen molar-refractivity contribution >= 4 is 15.4 Å². The molecule has 0 aliphatic rings. The zero-order valence-electron chi connectivity index (χ0n) is 6.33. The maximum atomic E-state index is 12.9. The van der Waals surface area contributed by atoms with Crippen LogP contribution in [-0.4, -0.2) is 10.2 Å². The topological polar surface area (TPSA) is 0 Å². The third kappa shape index (κ3) is 1.33. The lowest BCUT2D eigenvalue weighted by Crippen LogP contribution is -2.12. The zero-order valence-corrected chi connectivity index (χ0v) is 7.33. The maximum Gasteiger partial charge on any atom is 0.131 e. The maximum absolute atomic E-state index is 12.9. The van der Waals surface area contributed by atoms with E-state index in [2.05, 4.69) is 10.2 Å². The van der Waals surface area contributed by atoms with Gasteiger partial charge in [-0.15, -0.1) is 0 Å². The van der Waals surface area contributed by atoms with Gasteiger partial charge in [0.1, 0.15) is 11.6 Å². The Balaban J connectivity index is 3.46. The summed E-state index contributed by atoms with van der Waals surface area (Å²) in [6, 6.07) is 1.43. The molecule has 3 heteroatoms. The van der Waals surface area contributed by atoms with Gasteiger partial charge in [0.15, 0.2) is 0 Å². The molecular weight excluding hydrogens is 162 g/mol. The average Bonchev–Trinajstić information content (AvgIpc) is 1.97. The predicted molar refractivity (Wildman–Crippen MR) is 41.2 cm³/mol. The number of hydrogen-bond acceptors (Lipinski definition) is 0. The van der Waals surface area contributed by atoms with Gasteiger partial charge >= 0.3 is 0 Å². The molecule has 0 amide bonds. The van der Waals surface area contributed by atoms with Crippen LogP contribution in [-0.2, 0) is 0 Å². The summed E-state index contributed by atoms with van der Waals surface area (Å²) in [5.74, 6) is -0.991. The van der Waals surface area contributed by atoms with E-state index in [1.165, 1.54) is 13.0 Å². The summed E-state index contributed by atoms with van der Waals surface area (Å²) >= 11 is 0. The van der Waals surface area contributed by atoms with Gasteiger partial charge in [0.05, 0.1) is 10.2 Å². The third-order valence-corrected chi connectivity index (χ3v) is 1.97. The zero-order chi connectivity index (χ0) is 8.59. The molecule has 1 aromatic rings. The molecule has 0 saturated heterocycles. The smallest absolute Gasteiger partial charge is 0.131 e. The fourth-order valence-electron chi connectivity index (χ4n) is 0.937. The van der Waals surface area contributed by atoms with E-state index in [9.17, 15) is 8.78 Å². The van der Waals surface area contributed by atoms with Crippen LogP contribution < -0.4 is 5.19 Å². The predicted octanol–water partition coefficient (Wildman–Crippen LogP) is 1.38. The van der Waals surface area contributed by atoms with Crippen molar-refractivity contribution in [2.45, 2.75) is 13.8 Å². The van der Waals surface area contributed by atoms with Crippen molar-refractivity contribution in [2.75, 3.05) is 0 Å². The minimum atomic E-state index is -0.523. The Bertz CT molecular complexity index is 268. The normalized spacial score (nSPS) is 10.3. The Kier molecular flexibility index (Phi) is 2.09. The van der Waals surface area contributed by atoms with Crippen molar-refractivity contribution < 1.29 is 8.78 Å². The van der Waals surface area contributed by atoms with Crippen LogP contribution in [0.2, 0.25) is 0 Å². The van der Waals surface area contributed by atoms with Crippen LogP contribution in [0.15, 0.2) is 6.07 Å². The summed E-state index contributed by atoms with van der Waals surface area (Å²) in [5, 5.41) is 0.307. The van der Waals surface area contributed by atoms with Crippen LogP contribution in [0.25, 0.3) is 0 Å². The average molecular weight is 169 g/mol. The highest BCUT2D eigenvalue weighted by Crippen LogP contribution is 2.12. The standard InChI is InChI=1S/C8H7F2Si/c1-4-3-6(11)8(10)5(2)7(4)9/h3H,1-2H3. The van der Waals surface area contributed by atoms with E-state index in [1.807, 2.05) is 0 Å². The second kappa shape index (κ2) is 2.74. The first kappa shape index (κ1) is 8.39. The molecule has 0 bridgehead atoms. The molecule has 0 fully saturated rings. The summed E-state index contributed by atoms with van der Waals surface area (Å²) in [6.07, 6.45) is 0. The fourth-order valence-corrected chi connectivity index (χ4v) is 1.34. The van der Waals surface area contributed by atoms with Crippen molar-refractivity contribution in [2.24, 2.45) is 0 Å². The Labute approximate surface area is 67.7 Å². The SMILES string of the molecule is Cc1cc([Si])c(F)c(C)c1F. The molecule has 0 N–H and O–H groups in total. The number of halogens is 2. The molecule has 1 aromatic carbocycles. The Morgan fingerprint density at radius 1 is 1.18 bits per heavy atom. The van der Waals surface area contributed by atoms with Crippen molar-refractivity contribution in [3.05, 3.63) is 28.8 Å². The van der Waals surface area contributed by atoms with E-state index in [0.29, 0.717) is 10.8 Å². The monoisotopic (exact) mass is 169 g/mol. The van der Waals surface area contributed by atoms with E-state index in [4.69, 9.17) is 0 Å². The van der Waals surface area contributed by atoms with Crippen LogP contribution in [0.5, 0.6) is 0 Å². The first-order valence-electron chi connectivity index (χ1n) is 3.21. The highest BCUT2D eigenvalue weighted by molar-refractivity contribution is 6.32. The first-order chi connectivity index (χ1) is 5.04. The number of benzene rings is 1. The minimum absolute atomic E-state index is 0.0648. The fraction of sp³-hybridized carbons (Fsp3) is 0.250. The van der Waals surface area contributed by atoms with E-state index in [-0.39, 0.29) is 5.56 Å². The molecule has 0 aliphatic carbocycles. The molecule has 1 rings (SSSR count). The van der Waals surface area contributed by atoms with Crippen LogP contribution >= 0.6 is 0 Å². The molecule has 11 heavy (non-hydrogen) atoms. The second-order valence-electron chi connectivity index (χ2n) is 2.49. The van der Waals surface area contributed by atoms with Gasteiger partial charge < -0.3 is 0 Å². The number of hydrogen-bond donors (Lipinski definition) is 0. The van der Waals surface area contributed by atoms with E-state index in [1.54, 1.807) is 6.92 Å². The van der Waals surface area contributed by atoms with Crippen LogP contribution in [0, 0.1) is 25.5 Å². The van der Waals surface area contributed by atoms with Crippen molar-refractivity contribution in [3.8, 4) is 0 Å². The largest absolute Gasteiger partial charge is 0.207 e. The highest BCUT2D eigenvalue weighted by atomic mass is 28.1. The van der Waals surface area contributed by atoms with E-state index in [0.717, 1.165) is 0 Å². The molecule has 0 saturated carbocycles. The van der Waals surface area contributed by atoms with Gasteiger partial charge in [-0.2, -0.15) is 0 Å². The van der Waals surface area contributed by atoms with Gasteiger partial charge in [-0.3, -0.25) is 0 Å². The number of aryl methyl sites for hydroxylation is 1. The summed E-state index contributed by atoms with van der Waals surface area (Å²) in [6.45, 7) is 3.02. The van der Waals surface area contributed by atoms with Gasteiger partial charge in [0.2, 0.25) is 0 Å². The quantitative estimate of drug-likeness (QED) is 0.515. The van der Waals surface area contributed by atoms with Gasteiger partial charge in [0, 0.05) is 5.56 Å². The minimum Gasteiger partial charge on any atom is -0.207 e. The van der Waals surface area contributed by atoms with Crippen molar-refractivity contribution in [1.29, 1.82) is 0 Å². The summed E-state index contributed by atoms with van der Waals surface area (Å²) in [7, 11) is 3.04. The van der Waals surface area contributed by atoms with Gasteiger partial charge in [-0.25, -0.2) is 8.78 Å². The van der Waals surface area contributed by atoms with Crippen molar-refractivity contribution in [1.82, 2.24) is 0 Å². The first-order valence-corrected chi connectivity index (χ1v) is 3.71. The van der Waals surface area contributed by atoms with E-state index >= 15 is 0 Å². The molecule has 0 aromatic heterocycles. The lowest BCUT2D eigenvalue weighted by Gasteiger charge is -2.04. The van der Waals surface area contributed by atoms with Gasteiger partial charge in [-0.1, -0.05) is 6.07 Å². The van der Waals surface area contributed by atoms with Crippen LogP contribution in [0.4, 0.5) is 8.78 Å². The lowest BCUT2D eigenvalue weighted by atomic mass is 10.1. The molecule has 3 radical (unpaired) electrons. The molecule has 0 unspecified atom stereocenters. The van der Waals surface area contributed by atoms with Crippen LogP contribution in [0.1, 0.15) is 11.1 Å². The molecule has 0 nitrogen and oxygen atoms in total. The molecule has 0 atom stereocenters. The molecule has 0 aliphatic heterocycles. The van der Waals surface area contributed by atoms with Gasteiger partial charge in [-0.05, 0) is 24.6 Å². The Hall–Kier alpha value is -0.703. The molecular formula is C8H7F2Si. The summed E-state index contributed by atoms with van der Waals surface area (Å²) < 4.78 is 25.8. The summed E-state index contributed by atoms with van der Waals surface area (Å²) in [5.41, 5.74) is 0.518. The van der Waals surface area contributed by atoms with Crippen molar-refractivity contribution in [3.63, 3.8) is 0 Å². The second-order valence-corrected chi connectivity index (χ2v) is 3.03. The number of rotatable bonds is 0. The molecule has 57 valence electrons. The van der Waals surface area contributed by atoms with Crippen LogP contribution in [0.3, 0.4) is 0 Å². The lowest BCUT2D eigenvalue weighted by molar-refractivity contribution is 0.567. The van der Waals surface area contributed by atoms with Gasteiger partial charge in [0.25, 0.3) is 0 Å². The van der Waals surface area contributed by atoms with E-state index < -0.39 is 11.6 Å². The highest BCUT2D eigenvalue weighted by Gasteiger charge is 2.09. The Morgan fingerprint density at radius 3 is 2.27 bits per heavy atom. The summed E-state index contributed by atoms with van der Waals surface area (Å²) in [4.78, 5) is 0. The Morgan fingerprint density at radius 2 is 1.73 bits per heavy atom. The third-order valence-electron chi connectivity index (χ3n) is 1.60. The molecule has 0 heterocycles.